The molecule has 0 aliphatic heterocycles. The van der Waals surface area contributed by atoms with Gasteiger partial charge in [0.2, 0.25) is 0 Å². The van der Waals surface area contributed by atoms with E-state index in [1.165, 1.54) is 0 Å². The van der Waals surface area contributed by atoms with Crippen LogP contribution in [-0.4, -0.2) is 20.8 Å². The average molecular weight is 387 g/mol. The highest BCUT2D eigenvalue weighted by Crippen LogP contribution is 2.33. The van der Waals surface area contributed by atoms with E-state index in [1.54, 1.807) is 35.0 Å². The Bertz CT molecular complexity index is 846. The molecule has 0 aliphatic rings. The second-order valence-electron chi connectivity index (χ2n) is 5.63. The number of nitrogens with zero attached hydrogens (tertiary/aromatic N) is 3. The van der Waals surface area contributed by atoms with Gasteiger partial charge in [-0.25, -0.2) is 13.9 Å². The quantitative estimate of drug-likeness (QED) is 0.623. The second kappa shape index (κ2) is 7.25. The summed E-state index contributed by atoms with van der Waals surface area (Å²) in [6, 6.07) is 1.77. The molecular formula is C16H17Cl2FN4S. The average Bonchev–Trinajstić information content (AvgIpc) is 3.12. The van der Waals surface area contributed by atoms with E-state index in [0.29, 0.717) is 29.7 Å². The lowest BCUT2D eigenvalue weighted by Gasteiger charge is -2.08. The summed E-state index contributed by atoms with van der Waals surface area (Å²) in [6.07, 6.45) is 1.89. The van der Waals surface area contributed by atoms with Crippen LogP contribution in [0.3, 0.4) is 0 Å². The predicted octanol–water partition coefficient (Wildman–Crippen LogP) is 5.31. The van der Waals surface area contributed by atoms with E-state index in [2.05, 4.69) is 15.4 Å². The summed E-state index contributed by atoms with van der Waals surface area (Å²) in [5.74, 6) is 0. The first kappa shape index (κ1) is 17.5. The number of hydrogen-bond donors (Lipinski definition) is 1. The Hall–Kier alpha value is -1.37. The third-order valence-electron chi connectivity index (χ3n) is 3.87. The Morgan fingerprint density at radius 2 is 2.21 bits per heavy atom. The summed E-state index contributed by atoms with van der Waals surface area (Å²) < 4.78 is 14.8. The van der Waals surface area contributed by atoms with Crippen molar-refractivity contribution in [2.75, 3.05) is 5.32 Å². The SMILES string of the molecule is Cc1c(CCC(C)F)c(Cl)n2nc(Cl)cc(NCc3nccs3)c12. The van der Waals surface area contributed by atoms with Crippen LogP contribution in [-0.2, 0) is 13.0 Å². The van der Waals surface area contributed by atoms with Crippen LogP contribution in [0.2, 0.25) is 10.3 Å². The monoisotopic (exact) mass is 386 g/mol. The van der Waals surface area contributed by atoms with Crippen molar-refractivity contribution >= 4 is 45.7 Å². The zero-order valence-corrected chi connectivity index (χ0v) is 15.6. The third-order valence-corrected chi connectivity index (χ3v) is 5.23. The van der Waals surface area contributed by atoms with Crippen molar-refractivity contribution in [1.29, 1.82) is 0 Å². The van der Waals surface area contributed by atoms with Gasteiger partial charge in [-0.3, -0.25) is 0 Å². The lowest BCUT2D eigenvalue weighted by Crippen LogP contribution is -2.03. The molecule has 8 heteroatoms. The first-order valence-electron chi connectivity index (χ1n) is 7.60. The number of hydrogen-bond acceptors (Lipinski definition) is 4. The first-order valence-corrected chi connectivity index (χ1v) is 9.23. The highest BCUT2D eigenvalue weighted by molar-refractivity contribution is 7.09. The Balaban J connectivity index is 2.00. The summed E-state index contributed by atoms with van der Waals surface area (Å²) in [5, 5.41) is 11.4. The van der Waals surface area contributed by atoms with Crippen LogP contribution in [0.4, 0.5) is 10.1 Å². The zero-order chi connectivity index (χ0) is 17.3. The van der Waals surface area contributed by atoms with Gasteiger partial charge in [0.05, 0.1) is 23.9 Å². The van der Waals surface area contributed by atoms with Crippen LogP contribution in [0.1, 0.15) is 29.5 Å². The fourth-order valence-electron chi connectivity index (χ4n) is 2.68. The van der Waals surface area contributed by atoms with Crippen LogP contribution >= 0.6 is 34.5 Å². The molecule has 4 nitrogen and oxygen atoms in total. The van der Waals surface area contributed by atoms with E-state index in [9.17, 15) is 4.39 Å². The minimum absolute atomic E-state index is 0.339. The molecule has 0 saturated heterocycles. The minimum atomic E-state index is -0.873. The number of rotatable bonds is 6. The number of anilines is 1. The molecule has 3 aromatic rings. The molecule has 0 saturated carbocycles. The molecule has 3 aromatic heterocycles. The van der Waals surface area contributed by atoms with Crippen molar-refractivity contribution < 1.29 is 4.39 Å². The van der Waals surface area contributed by atoms with E-state index in [1.807, 2.05) is 12.3 Å². The number of halogens is 3. The molecule has 3 heterocycles. The van der Waals surface area contributed by atoms with E-state index >= 15 is 0 Å². The standard InChI is InChI=1S/C16H17Cl2FN4S/c1-9(19)3-4-11-10(2)15-12(21-8-14-20-5-6-24-14)7-13(17)22-23(15)16(11)18/h5-7,9,21H,3-4,8H2,1-2H3. The van der Waals surface area contributed by atoms with Gasteiger partial charge in [0, 0.05) is 17.6 Å². The van der Waals surface area contributed by atoms with E-state index < -0.39 is 6.17 Å². The van der Waals surface area contributed by atoms with Crippen LogP contribution < -0.4 is 5.32 Å². The van der Waals surface area contributed by atoms with Gasteiger partial charge in [0.25, 0.3) is 0 Å². The maximum atomic E-state index is 13.2. The van der Waals surface area contributed by atoms with Crippen molar-refractivity contribution in [3.8, 4) is 0 Å². The lowest BCUT2D eigenvalue weighted by atomic mass is 10.1. The van der Waals surface area contributed by atoms with E-state index in [-0.39, 0.29) is 0 Å². The molecule has 1 atom stereocenters. The maximum Gasteiger partial charge on any atom is 0.152 e. The summed E-state index contributed by atoms with van der Waals surface area (Å²) in [7, 11) is 0. The Morgan fingerprint density at radius 3 is 2.88 bits per heavy atom. The van der Waals surface area contributed by atoms with Crippen LogP contribution in [0.15, 0.2) is 17.6 Å². The predicted molar refractivity (Wildman–Crippen MR) is 98.3 cm³/mol. The number of fused-ring (bicyclic) bond motifs is 1. The lowest BCUT2D eigenvalue weighted by molar-refractivity contribution is 0.341. The first-order chi connectivity index (χ1) is 11.5. The molecule has 0 radical (unpaired) electrons. The third kappa shape index (κ3) is 3.50. The van der Waals surface area contributed by atoms with E-state index in [4.69, 9.17) is 23.2 Å². The minimum Gasteiger partial charge on any atom is -0.377 e. The molecule has 0 aliphatic carbocycles. The fraction of sp³-hybridized carbons (Fsp3) is 0.375. The number of aromatic nitrogens is 3. The number of aryl methyl sites for hydroxylation is 1. The van der Waals surface area contributed by atoms with Gasteiger partial charge in [-0.05, 0) is 37.8 Å². The van der Waals surface area contributed by atoms with Gasteiger partial charge in [0.1, 0.15) is 10.2 Å². The largest absolute Gasteiger partial charge is 0.377 e. The maximum absolute atomic E-state index is 13.2. The molecule has 128 valence electrons. The Kier molecular flexibility index (Phi) is 5.27. The van der Waals surface area contributed by atoms with Crippen LogP contribution in [0.25, 0.3) is 5.52 Å². The van der Waals surface area contributed by atoms with Gasteiger partial charge < -0.3 is 5.32 Å². The van der Waals surface area contributed by atoms with Gasteiger partial charge in [-0.1, -0.05) is 23.2 Å². The van der Waals surface area contributed by atoms with Crippen LogP contribution in [0, 0.1) is 6.92 Å². The van der Waals surface area contributed by atoms with Gasteiger partial charge >= 0.3 is 0 Å². The van der Waals surface area contributed by atoms with Crippen molar-refractivity contribution in [1.82, 2.24) is 14.6 Å². The van der Waals surface area contributed by atoms with Gasteiger partial charge in [-0.15, -0.1) is 11.3 Å². The second-order valence-corrected chi connectivity index (χ2v) is 7.36. The molecule has 1 unspecified atom stereocenters. The number of alkyl halides is 1. The molecule has 0 fully saturated rings. The van der Waals surface area contributed by atoms with Crippen molar-refractivity contribution in [3.05, 3.63) is 44.1 Å². The topological polar surface area (TPSA) is 42.2 Å². The Labute approximate surface area is 153 Å². The van der Waals surface area contributed by atoms with E-state index in [0.717, 1.165) is 27.3 Å². The summed E-state index contributed by atoms with van der Waals surface area (Å²) in [6.45, 7) is 4.12. The zero-order valence-electron chi connectivity index (χ0n) is 13.3. The summed E-state index contributed by atoms with van der Waals surface area (Å²) >= 11 is 14.2. The van der Waals surface area contributed by atoms with Gasteiger partial charge in [-0.2, -0.15) is 5.10 Å². The summed E-state index contributed by atoms with van der Waals surface area (Å²) in [4.78, 5) is 4.26. The smallest absolute Gasteiger partial charge is 0.152 e. The molecule has 24 heavy (non-hydrogen) atoms. The number of thiazole rings is 1. The molecular weight excluding hydrogens is 370 g/mol. The molecule has 0 spiro atoms. The molecule has 0 aromatic carbocycles. The molecule has 3 rings (SSSR count). The highest BCUT2D eigenvalue weighted by atomic mass is 35.5. The highest BCUT2D eigenvalue weighted by Gasteiger charge is 2.19. The van der Waals surface area contributed by atoms with Crippen molar-refractivity contribution in [2.24, 2.45) is 0 Å². The van der Waals surface area contributed by atoms with Gasteiger partial charge in [0.15, 0.2) is 5.15 Å². The molecule has 0 bridgehead atoms. The molecule has 0 amide bonds. The number of nitrogens with one attached hydrogen (secondary N) is 1. The summed E-state index contributed by atoms with van der Waals surface area (Å²) in [5.41, 5.74) is 3.60. The molecule has 1 N–H and O–H groups in total. The van der Waals surface area contributed by atoms with Crippen molar-refractivity contribution in [2.45, 2.75) is 39.4 Å². The normalized spacial score (nSPS) is 12.7. The Morgan fingerprint density at radius 1 is 1.42 bits per heavy atom. The van der Waals surface area contributed by atoms with Crippen molar-refractivity contribution in [3.63, 3.8) is 0 Å². The van der Waals surface area contributed by atoms with Crippen LogP contribution in [0.5, 0.6) is 0 Å². The fourth-order valence-corrected chi connectivity index (χ4v) is 3.78.